The lowest BCUT2D eigenvalue weighted by Gasteiger charge is -2.26. The fourth-order valence-electron chi connectivity index (χ4n) is 4.39. The minimum absolute atomic E-state index is 0.167. The molecule has 0 aliphatic carbocycles. The summed E-state index contributed by atoms with van der Waals surface area (Å²) < 4.78 is 18.1. The molecule has 1 fully saturated rings. The number of ether oxygens (including phenoxy) is 3. The lowest BCUT2D eigenvalue weighted by atomic mass is 10.1. The molecule has 1 aromatic heterocycles. The number of nitrogens with zero attached hydrogens (tertiary/aromatic N) is 2. The summed E-state index contributed by atoms with van der Waals surface area (Å²) in [6.45, 7) is 7.09. The van der Waals surface area contributed by atoms with Crippen LogP contribution in [0.15, 0.2) is 54.4 Å². The zero-order valence-corrected chi connectivity index (χ0v) is 21.6. The van der Waals surface area contributed by atoms with Gasteiger partial charge in [-0.15, -0.1) is 0 Å². The number of carbonyl (C=O) groups is 2. The number of benzene rings is 2. The van der Waals surface area contributed by atoms with Gasteiger partial charge in [0, 0.05) is 61.0 Å². The van der Waals surface area contributed by atoms with Gasteiger partial charge < -0.3 is 29.4 Å². The van der Waals surface area contributed by atoms with E-state index in [1.54, 1.807) is 24.3 Å². The number of nitrogens with one attached hydrogen (secondary N) is 2. The smallest absolute Gasteiger partial charge is 0.267 e. The van der Waals surface area contributed by atoms with Crippen molar-refractivity contribution < 1.29 is 23.8 Å². The molecule has 0 spiro atoms. The molecule has 3 aromatic rings. The number of para-hydroxylation sites is 1. The van der Waals surface area contributed by atoms with Gasteiger partial charge in [0.1, 0.15) is 5.70 Å². The van der Waals surface area contributed by atoms with Crippen molar-refractivity contribution in [2.45, 2.75) is 13.5 Å². The molecule has 1 aliphatic heterocycles. The second kappa shape index (κ2) is 12.4. The third-order valence-electron chi connectivity index (χ3n) is 6.42. The number of methoxy groups -OCH3 is 2. The Morgan fingerprint density at radius 3 is 2.54 bits per heavy atom. The van der Waals surface area contributed by atoms with Gasteiger partial charge in [-0.05, 0) is 37.3 Å². The summed E-state index contributed by atoms with van der Waals surface area (Å²) in [5, 5.41) is 6.79. The Labute approximate surface area is 217 Å². The van der Waals surface area contributed by atoms with Gasteiger partial charge in [-0.2, -0.15) is 0 Å². The molecule has 196 valence electrons. The van der Waals surface area contributed by atoms with Crippen molar-refractivity contribution in [2.24, 2.45) is 0 Å². The van der Waals surface area contributed by atoms with E-state index in [2.05, 4.69) is 27.0 Å². The minimum atomic E-state index is -0.422. The molecule has 2 amide bonds. The topological polar surface area (TPSA) is 94.1 Å². The summed E-state index contributed by atoms with van der Waals surface area (Å²) in [4.78, 5) is 28.8. The third-order valence-corrected chi connectivity index (χ3v) is 6.42. The van der Waals surface area contributed by atoms with Crippen LogP contribution in [0, 0.1) is 0 Å². The first-order valence-corrected chi connectivity index (χ1v) is 12.4. The monoisotopic (exact) mass is 506 g/mol. The normalized spacial score (nSPS) is 14.4. The van der Waals surface area contributed by atoms with Crippen LogP contribution in [0.3, 0.4) is 0 Å². The molecule has 2 N–H and O–H groups in total. The molecule has 1 saturated heterocycles. The molecule has 0 unspecified atom stereocenters. The van der Waals surface area contributed by atoms with E-state index >= 15 is 0 Å². The van der Waals surface area contributed by atoms with Crippen LogP contribution < -0.4 is 20.1 Å². The number of hydrogen-bond donors (Lipinski definition) is 2. The van der Waals surface area contributed by atoms with Crippen molar-refractivity contribution in [3.8, 4) is 11.5 Å². The van der Waals surface area contributed by atoms with Gasteiger partial charge in [0.25, 0.3) is 11.8 Å². The molecule has 9 heteroatoms. The predicted molar refractivity (Wildman–Crippen MR) is 143 cm³/mol. The van der Waals surface area contributed by atoms with E-state index < -0.39 is 5.91 Å². The summed E-state index contributed by atoms with van der Waals surface area (Å²) in [5.74, 6) is 0.176. The molecule has 0 saturated carbocycles. The highest BCUT2D eigenvalue weighted by Gasteiger charge is 2.18. The third kappa shape index (κ3) is 6.31. The van der Waals surface area contributed by atoms with E-state index in [0.29, 0.717) is 43.4 Å². The van der Waals surface area contributed by atoms with Crippen LogP contribution >= 0.6 is 0 Å². The summed E-state index contributed by atoms with van der Waals surface area (Å²) in [5.41, 5.74) is 2.43. The Kier molecular flexibility index (Phi) is 8.81. The maximum atomic E-state index is 13.3. The number of morpholine rings is 1. The highest BCUT2D eigenvalue weighted by Crippen LogP contribution is 2.28. The lowest BCUT2D eigenvalue weighted by Crippen LogP contribution is -2.42. The Hall–Kier alpha value is -3.82. The fourth-order valence-corrected chi connectivity index (χ4v) is 4.39. The number of hydrogen-bond acceptors (Lipinski definition) is 6. The second-order valence-electron chi connectivity index (χ2n) is 8.68. The van der Waals surface area contributed by atoms with E-state index in [-0.39, 0.29) is 11.6 Å². The van der Waals surface area contributed by atoms with Crippen molar-refractivity contribution >= 4 is 28.8 Å². The molecule has 9 nitrogen and oxygen atoms in total. The van der Waals surface area contributed by atoms with Crippen molar-refractivity contribution in [2.75, 3.05) is 53.6 Å². The standard InChI is InChI=1S/C28H34N4O5/c1-4-32-19-21(22-7-5-6-8-24(22)32)17-23(28(34)29-11-12-31-13-15-37-16-14-31)30-27(33)20-9-10-25(35-2)26(18-20)36-3/h5-10,17-19H,4,11-16H2,1-3H3,(H,29,34)(H,30,33)/b23-17-. The summed E-state index contributed by atoms with van der Waals surface area (Å²) in [6.07, 6.45) is 3.73. The maximum Gasteiger partial charge on any atom is 0.267 e. The van der Waals surface area contributed by atoms with Crippen LogP contribution in [-0.4, -0.2) is 74.9 Å². The van der Waals surface area contributed by atoms with Gasteiger partial charge in [-0.1, -0.05) is 18.2 Å². The van der Waals surface area contributed by atoms with Crippen molar-refractivity contribution in [3.05, 3.63) is 65.5 Å². The van der Waals surface area contributed by atoms with Crippen LogP contribution in [0.1, 0.15) is 22.8 Å². The first kappa shape index (κ1) is 26.2. The zero-order chi connectivity index (χ0) is 26.2. The number of fused-ring (bicyclic) bond motifs is 1. The fraction of sp³-hybridized carbons (Fsp3) is 0.357. The van der Waals surface area contributed by atoms with Gasteiger partial charge in [-0.3, -0.25) is 14.5 Å². The van der Waals surface area contributed by atoms with Gasteiger partial charge in [0.2, 0.25) is 0 Å². The number of aryl methyl sites for hydroxylation is 1. The van der Waals surface area contributed by atoms with Gasteiger partial charge in [-0.25, -0.2) is 0 Å². The van der Waals surface area contributed by atoms with Crippen molar-refractivity contribution in [1.29, 1.82) is 0 Å². The Morgan fingerprint density at radius 1 is 1.05 bits per heavy atom. The molecule has 1 aliphatic rings. The summed E-state index contributed by atoms with van der Waals surface area (Å²) >= 11 is 0. The molecule has 0 atom stereocenters. The van der Waals surface area contributed by atoms with E-state index in [1.165, 1.54) is 14.2 Å². The Morgan fingerprint density at radius 2 is 1.81 bits per heavy atom. The van der Waals surface area contributed by atoms with Crippen LogP contribution in [0.4, 0.5) is 0 Å². The number of carbonyl (C=O) groups excluding carboxylic acids is 2. The average molecular weight is 507 g/mol. The van der Waals surface area contributed by atoms with E-state index in [0.717, 1.165) is 36.1 Å². The minimum Gasteiger partial charge on any atom is -0.493 e. The maximum absolute atomic E-state index is 13.3. The molecule has 4 rings (SSSR count). The van der Waals surface area contributed by atoms with Crippen LogP contribution in [0.5, 0.6) is 11.5 Å². The van der Waals surface area contributed by atoms with E-state index in [4.69, 9.17) is 14.2 Å². The predicted octanol–water partition coefficient (Wildman–Crippen LogP) is 2.90. The van der Waals surface area contributed by atoms with Gasteiger partial charge in [0.15, 0.2) is 11.5 Å². The molecule has 2 heterocycles. The number of amides is 2. The summed E-state index contributed by atoms with van der Waals surface area (Å²) in [7, 11) is 3.04. The van der Waals surface area contributed by atoms with E-state index in [9.17, 15) is 9.59 Å². The van der Waals surface area contributed by atoms with Crippen molar-refractivity contribution in [3.63, 3.8) is 0 Å². The van der Waals surface area contributed by atoms with Gasteiger partial charge in [0.05, 0.1) is 27.4 Å². The SMILES string of the molecule is CCn1cc(/C=C(\NC(=O)c2ccc(OC)c(OC)c2)C(=O)NCCN2CCOCC2)c2ccccc21. The van der Waals surface area contributed by atoms with E-state index in [1.807, 2.05) is 30.5 Å². The van der Waals surface area contributed by atoms with Crippen molar-refractivity contribution in [1.82, 2.24) is 20.1 Å². The molecule has 2 aromatic carbocycles. The molecule has 0 radical (unpaired) electrons. The van der Waals surface area contributed by atoms with Crippen LogP contribution in [-0.2, 0) is 16.1 Å². The number of rotatable bonds is 10. The first-order valence-electron chi connectivity index (χ1n) is 12.4. The lowest BCUT2D eigenvalue weighted by molar-refractivity contribution is -0.117. The number of aromatic nitrogens is 1. The molecular weight excluding hydrogens is 472 g/mol. The Bertz CT molecular complexity index is 1280. The summed E-state index contributed by atoms with van der Waals surface area (Å²) in [6, 6.07) is 12.9. The van der Waals surface area contributed by atoms with Crippen LogP contribution in [0.2, 0.25) is 0 Å². The zero-order valence-electron chi connectivity index (χ0n) is 21.6. The van der Waals surface area contributed by atoms with Gasteiger partial charge >= 0.3 is 0 Å². The second-order valence-corrected chi connectivity index (χ2v) is 8.68. The molecular formula is C28H34N4O5. The first-order chi connectivity index (χ1) is 18.0. The molecule has 37 heavy (non-hydrogen) atoms. The quantitative estimate of drug-likeness (QED) is 0.411. The highest BCUT2D eigenvalue weighted by atomic mass is 16.5. The Balaban J connectivity index is 1.60. The molecule has 0 bridgehead atoms. The average Bonchev–Trinajstić information content (AvgIpc) is 3.30. The largest absolute Gasteiger partial charge is 0.493 e. The highest BCUT2D eigenvalue weighted by molar-refractivity contribution is 6.06. The van der Waals surface area contributed by atoms with Crippen LogP contribution in [0.25, 0.3) is 17.0 Å².